The van der Waals surface area contributed by atoms with Gasteiger partial charge in [-0.05, 0) is 39.7 Å². The zero-order valence-corrected chi connectivity index (χ0v) is 8.71. The second-order valence-electron chi connectivity index (χ2n) is 4.83. The number of aliphatic carboxylic acids is 1. The summed E-state index contributed by atoms with van der Waals surface area (Å²) in [6.45, 7) is 5.24. The van der Waals surface area contributed by atoms with E-state index in [2.05, 4.69) is 4.90 Å². The average Bonchev–Trinajstić information content (AvgIpc) is 2.69. The highest BCUT2D eigenvalue weighted by atomic mass is 16.4. The van der Waals surface area contributed by atoms with Gasteiger partial charge in [-0.2, -0.15) is 0 Å². The van der Waals surface area contributed by atoms with Gasteiger partial charge in [0.25, 0.3) is 0 Å². The van der Waals surface area contributed by atoms with Crippen molar-refractivity contribution in [3.05, 3.63) is 0 Å². The van der Waals surface area contributed by atoms with E-state index in [4.69, 9.17) is 5.11 Å². The number of carboxylic acid groups (broad SMARTS) is 1. The van der Waals surface area contributed by atoms with E-state index in [1.54, 1.807) is 13.8 Å². The van der Waals surface area contributed by atoms with Crippen LogP contribution in [0.3, 0.4) is 0 Å². The number of carboxylic acids is 1. The molecule has 3 nitrogen and oxygen atoms in total. The molecule has 1 aliphatic rings. The maximum absolute atomic E-state index is 10.8. The van der Waals surface area contributed by atoms with Crippen LogP contribution in [0.5, 0.6) is 0 Å². The molecule has 0 saturated heterocycles. The summed E-state index contributed by atoms with van der Waals surface area (Å²) in [4.78, 5) is 13.0. The molecule has 0 amide bonds. The molecule has 1 fully saturated rings. The van der Waals surface area contributed by atoms with Crippen LogP contribution in [0.25, 0.3) is 0 Å². The average molecular weight is 185 g/mol. The van der Waals surface area contributed by atoms with Crippen LogP contribution < -0.4 is 0 Å². The van der Waals surface area contributed by atoms with Gasteiger partial charge < -0.3 is 10.0 Å². The second-order valence-corrected chi connectivity index (χ2v) is 4.83. The predicted molar refractivity (Wildman–Crippen MR) is 51.6 cm³/mol. The van der Waals surface area contributed by atoms with E-state index in [-0.39, 0.29) is 0 Å². The predicted octanol–water partition coefficient (Wildman–Crippen LogP) is 1.44. The first-order valence-electron chi connectivity index (χ1n) is 4.84. The van der Waals surface area contributed by atoms with Crippen LogP contribution in [0, 0.1) is 11.3 Å². The maximum atomic E-state index is 10.8. The number of rotatable bonds is 5. The molecule has 3 heteroatoms. The van der Waals surface area contributed by atoms with Crippen molar-refractivity contribution in [3.8, 4) is 0 Å². The third-order valence-electron chi connectivity index (χ3n) is 2.51. The minimum Gasteiger partial charge on any atom is -0.481 e. The summed E-state index contributed by atoms with van der Waals surface area (Å²) in [5.41, 5.74) is -0.621. The summed E-state index contributed by atoms with van der Waals surface area (Å²) in [7, 11) is 2.00. The Kier molecular flexibility index (Phi) is 2.96. The minimum atomic E-state index is -0.713. The molecule has 76 valence electrons. The molecular weight excluding hydrogens is 166 g/mol. The van der Waals surface area contributed by atoms with Crippen LogP contribution in [0.15, 0.2) is 0 Å². The lowest BCUT2D eigenvalue weighted by Crippen LogP contribution is -2.38. The number of carbonyl (C=O) groups is 1. The Hall–Kier alpha value is -0.570. The summed E-state index contributed by atoms with van der Waals surface area (Å²) in [6.07, 6.45) is 2.63. The standard InChI is InChI=1S/C10H19NO2/c1-10(2,9(12)13)7-11(3)6-8-4-5-8/h8H,4-7H2,1-3H3,(H,12,13). The largest absolute Gasteiger partial charge is 0.481 e. The highest BCUT2D eigenvalue weighted by Crippen LogP contribution is 2.30. The molecule has 0 aromatic carbocycles. The van der Waals surface area contributed by atoms with E-state index in [0.29, 0.717) is 6.54 Å². The van der Waals surface area contributed by atoms with Crippen molar-refractivity contribution in [1.82, 2.24) is 4.90 Å². The third-order valence-corrected chi connectivity index (χ3v) is 2.51. The monoisotopic (exact) mass is 185 g/mol. The van der Waals surface area contributed by atoms with Crippen LogP contribution in [0.4, 0.5) is 0 Å². The Labute approximate surface area is 79.7 Å². The first-order valence-corrected chi connectivity index (χ1v) is 4.84. The molecule has 1 rings (SSSR count). The molecule has 0 heterocycles. The van der Waals surface area contributed by atoms with E-state index < -0.39 is 11.4 Å². The van der Waals surface area contributed by atoms with Crippen LogP contribution in [0.2, 0.25) is 0 Å². The first kappa shape index (κ1) is 10.5. The van der Waals surface area contributed by atoms with E-state index >= 15 is 0 Å². The first-order chi connectivity index (χ1) is 5.92. The van der Waals surface area contributed by atoms with E-state index in [9.17, 15) is 4.79 Å². The van der Waals surface area contributed by atoms with Crippen molar-refractivity contribution in [1.29, 1.82) is 0 Å². The molecular formula is C10H19NO2. The molecule has 1 saturated carbocycles. The number of hydrogen-bond donors (Lipinski definition) is 1. The van der Waals surface area contributed by atoms with Crippen LogP contribution in [0.1, 0.15) is 26.7 Å². The molecule has 0 unspecified atom stereocenters. The summed E-state index contributed by atoms with van der Waals surface area (Å²) < 4.78 is 0. The number of hydrogen-bond acceptors (Lipinski definition) is 2. The fraction of sp³-hybridized carbons (Fsp3) is 0.900. The Morgan fingerprint density at radius 1 is 1.54 bits per heavy atom. The van der Waals surface area contributed by atoms with Crippen molar-refractivity contribution < 1.29 is 9.90 Å². The van der Waals surface area contributed by atoms with Crippen molar-refractivity contribution in [2.45, 2.75) is 26.7 Å². The zero-order valence-electron chi connectivity index (χ0n) is 8.71. The van der Waals surface area contributed by atoms with Gasteiger partial charge in [-0.1, -0.05) is 0 Å². The summed E-state index contributed by atoms with van der Waals surface area (Å²) in [5, 5.41) is 8.91. The molecule has 0 atom stereocenters. The van der Waals surface area contributed by atoms with Crippen molar-refractivity contribution in [2.24, 2.45) is 11.3 Å². The van der Waals surface area contributed by atoms with Gasteiger partial charge in [0.15, 0.2) is 0 Å². The lowest BCUT2D eigenvalue weighted by atomic mass is 9.93. The van der Waals surface area contributed by atoms with Gasteiger partial charge in [-0.15, -0.1) is 0 Å². The minimum absolute atomic E-state index is 0.621. The Bertz CT molecular complexity index is 197. The molecule has 0 bridgehead atoms. The normalized spacial score (nSPS) is 17.8. The third kappa shape index (κ3) is 3.35. The quantitative estimate of drug-likeness (QED) is 0.704. The van der Waals surface area contributed by atoms with Crippen molar-refractivity contribution >= 4 is 5.97 Å². The highest BCUT2D eigenvalue weighted by Gasteiger charge is 2.30. The van der Waals surface area contributed by atoms with E-state index in [0.717, 1.165) is 12.5 Å². The number of nitrogens with zero attached hydrogens (tertiary/aromatic N) is 1. The van der Waals surface area contributed by atoms with Crippen LogP contribution in [-0.2, 0) is 4.79 Å². The summed E-state index contributed by atoms with van der Waals surface area (Å²) in [5.74, 6) is 0.116. The summed E-state index contributed by atoms with van der Waals surface area (Å²) in [6, 6.07) is 0. The van der Waals surface area contributed by atoms with E-state index in [1.807, 2.05) is 7.05 Å². The Morgan fingerprint density at radius 3 is 2.46 bits per heavy atom. The highest BCUT2D eigenvalue weighted by molar-refractivity contribution is 5.73. The molecule has 0 aromatic rings. The van der Waals surface area contributed by atoms with Gasteiger partial charge in [0, 0.05) is 13.1 Å². The second kappa shape index (κ2) is 3.66. The van der Waals surface area contributed by atoms with Gasteiger partial charge in [-0.3, -0.25) is 4.79 Å². The van der Waals surface area contributed by atoms with Crippen molar-refractivity contribution in [3.63, 3.8) is 0 Å². The van der Waals surface area contributed by atoms with Crippen LogP contribution in [-0.4, -0.2) is 36.1 Å². The van der Waals surface area contributed by atoms with Gasteiger partial charge in [0.05, 0.1) is 5.41 Å². The smallest absolute Gasteiger partial charge is 0.310 e. The summed E-state index contributed by atoms with van der Waals surface area (Å²) >= 11 is 0. The van der Waals surface area contributed by atoms with Gasteiger partial charge in [0.1, 0.15) is 0 Å². The molecule has 13 heavy (non-hydrogen) atoms. The fourth-order valence-electron chi connectivity index (χ4n) is 1.55. The molecule has 0 aromatic heterocycles. The van der Waals surface area contributed by atoms with E-state index in [1.165, 1.54) is 12.8 Å². The lowest BCUT2D eigenvalue weighted by molar-refractivity contribution is -0.147. The van der Waals surface area contributed by atoms with Gasteiger partial charge >= 0.3 is 5.97 Å². The van der Waals surface area contributed by atoms with Crippen molar-refractivity contribution in [2.75, 3.05) is 20.1 Å². The SMILES string of the molecule is CN(CC1CC1)CC(C)(C)C(=O)O. The zero-order chi connectivity index (χ0) is 10.1. The van der Waals surface area contributed by atoms with Gasteiger partial charge in [-0.25, -0.2) is 0 Å². The lowest BCUT2D eigenvalue weighted by Gasteiger charge is -2.26. The fourth-order valence-corrected chi connectivity index (χ4v) is 1.55. The molecule has 1 aliphatic carbocycles. The Morgan fingerprint density at radius 2 is 2.08 bits per heavy atom. The topological polar surface area (TPSA) is 40.5 Å². The van der Waals surface area contributed by atoms with Gasteiger partial charge in [0.2, 0.25) is 0 Å². The molecule has 0 aliphatic heterocycles. The molecule has 0 radical (unpaired) electrons. The van der Waals surface area contributed by atoms with Crippen LogP contribution >= 0.6 is 0 Å². The maximum Gasteiger partial charge on any atom is 0.310 e. The Balaban J connectivity index is 2.32. The molecule has 1 N–H and O–H groups in total. The molecule has 0 spiro atoms.